The Morgan fingerprint density at radius 2 is 2.29 bits per heavy atom. The summed E-state index contributed by atoms with van der Waals surface area (Å²) in [6.07, 6.45) is 7.78. The maximum atomic E-state index is 12.1. The molecule has 1 saturated carbocycles. The second-order valence-corrected chi connectivity index (χ2v) is 6.66. The lowest BCUT2D eigenvalue weighted by Crippen LogP contribution is -2.26. The van der Waals surface area contributed by atoms with Crippen LogP contribution in [-0.2, 0) is 12.8 Å². The number of carbonyl (C=O) groups excluding carboxylic acids is 1. The van der Waals surface area contributed by atoms with Crippen LogP contribution in [0, 0.1) is 0 Å². The number of thiophene rings is 1. The number of carbonyl (C=O) groups is 1. The Labute approximate surface area is 131 Å². The molecule has 0 radical (unpaired) electrons. The zero-order valence-electron chi connectivity index (χ0n) is 12.7. The van der Waals surface area contributed by atoms with Crippen molar-refractivity contribution in [1.29, 1.82) is 0 Å². The molecule has 1 aliphatic rings. The fraction of sp³-hybridized carbons (Fsp3) is 0.471. The molecule has 1 unspecified atom stereocenters. The molecule has 21 heavy (non-hydrogen) atoms. The second kappa shape index (κ2) is 7.57. The van der Waals surface area contributed by atoms with Crippen LogP contribution in [-0.4, -0.2) is 24.5 Å². The summed E-state index contributed by atoms with van der Waals surface area (Å²) in [6.45, 7) is 10.5. The van der Waals surface area contributed by atoms with Crippen molar-refractivity contribution in [1.82, 2.24) is 10.6 Å². The van der Waals surface area contributed by atoms with E-state index in [1.165, 1.54) is 10.4 Å². The molecule has 0 aliphatic heterocycles. The summed E-state index contributed by atoms with van der Waals surface area (Å²) in [5.41, 5.74) is 1.25. The highest BCUT2D eigenvalue weighted by Crippen LogP contribution is 2.26. The normalized spacial score (nSPS) is 15.5. The summed E-state index contributed by atoms with van der Waals surface area (Å²) in [7, 11) is 0. The highest BCUT2D eigenvalue weighted by atomic mass is 32.1. The van der Waals surface area contributed by atoms with E-state index < -0.39 is 0 Å². The minimum absolute atomic E-state index is 0.0754. The van der Waals surface area contributed by atoms with Crippen molar-refractivity contribution in [3.05, 3.63) is 46.7 Å². The minimum atomic E-state index is 0.0754. The Kier molecular flexibility index (Phi) is 5.76. The summed E-state index contributed by atoms with van der Waals surface area (Å²) in [4.78, 5) is 14.2. The maximum Gasteiger partial charge on any atom is 0.261 e. The van der Waals surface area contributed by atoms with Gasteiger partial charge in [0.1, 0.15) is 0 Å². The first-order chi connectivity index (χ1) is 10.1. The molecular formula is C17H24N2OS. The number of rotatable bonds is 9. The Hall–Kier alpha value is -1.39. The summed E-state index contributed by atoms with van der Waals surface area (Å²) in [6, 6.07) is 2.76. The number of nitrogens with one attached hydrogen (secondary N) is 2. The highest BCUT2D eigenvalue weighted by Gasteiger charge is 2.25. The van der Waals surface area contributed by atoms with Gasteiger partial charge >= 0.3 is 0 Å². The van der Waals surface area contributed by atoms with Crippen LogP contribution in [0.5, 0.6) is 0 Å². The SMILES string of the molecule is C=CCc1sc(C(=O)NC2CC2)cc1CCNC(C)C=C. The highest BCUT2D eigenvalue weighted by molar-refractivity contribution is 7.14. The van der Waals surface area contributed by atoms with Crippen LogP contribution in [0.15, 0.2) is 31.4 Å². The Morgan fingerprint density at radius 1 is 1.52 bits per heavy atom. The zero-order valence-corrected chi connectivity index (χ0v) is 13.5. The van der Waals surface area contributed by atoms with Crippen molar-refractivity contribution in [2.24, 2.45) is 0 Å². The van der Waals surface area contributed by atoms with E-state index in [9.17, 15) is 4.79 Å². The van der Waals surface area contributed by atoms with Crippen LogP contribution >= 0.6 is 11.3 Å². The van der Waals surface area contributed by atoms with Crippen molar-refractivity contribution >= 4 is 17.2 Å². The number of allylic oxidation sites excluding steroid dienone is 1. The van der Waals surface area contributed by atoms with E-state index in [1.807, 2.05) is 18.2 Å². The van der Waals surface area contributed by atoms with Gasteiger partial charge in [0.15, 0.2) is 0 Å². The minimum Gasteiger partial charge on any atom is -0.349 e. The summed E-state index contributed by atoms with van der Waals surface area (Å²) in [5, 5.41) is 6.44. The Morgan fingerprint density at radius 3 is 2.90 bits per heavy atom. The van der Waals surface area contributed by atoms with E-state index in [2.05, 4.69) is 30.7 Å². The quantitative estimate of drug-likeness (QED) is 0.688. The molecule has 1 amide bonds. The van der Waals surface area contributed by atoms with E-state index in [1.54, 1.807) is 11.3 Å². The first-order valence-electron chi connectivity index (χ1n) is 7.53. The number of hydrogen-bond acceptors (Lipinski definition) is 3. The van der Waals surface area contributed by atoms with E-state index in [4.69, 9.17) is 0 Å². The van der Waals surface area contributed by atoms with Crippen LogP contribution in [0.4, 0.5) is 0 Å². The standard InChI is InChI=1S/C17H24N2OS/c1-4-6-15-13(9-10-18-12(3)5-2)11-16(21-15)17(20)19-14-7-8-14/h4-5,11-12,14,18H,1-2,6-10H2,3H3,(H,19,20). The van der Waals surface area contributed by atoms with Gasteiger partial charge in [-0.25, -0.2) is 0 Å². The monoisotopic (exact) mass is 304 g/mol. The first kappa shape index (κ1) is 16.0. The predicted octanol–water partition coefficient (Wildman–Crippen LogP) is 3.08. The first-order valence-corrected chi connectivity index (χ1v) is 8.35. The predicted molar refractivity (Wildman–Crippen MR) is 90.1 cm³/mol. The fourth-order valence-electron chi connectivity index (χ4n) is 2.10. The van der Waals surface area contributed by atoms with Gasteiger partial charge in [-0.1, -0.05) is 12.2 Å². The van der Waals surface area contributed by atoms with Gasteiger partial charge in [-0.05, 0) is 50.8 Å². The van der Waals surface area contributed by atoms with Crippen LogP contribution < -0.4 is 10.6 Å². The molecule has 1 atom stereocenters. The smallest absolute Gasteiger partial charge is 0.261 e. The van der Waals surface area contributed by atoms with Gasteiger partial charge in [0.2, 0.25) is 0 Å². The third-order valence-electron chi connectivity index (χ3n) is 3.58. The molecule has 1 aromatic heterocycles. The van der Waals surface area contributed by atoms with E-state index >= 15 is 0 Å². The molecule has 1 heterocycles. The molecule has 4 heteroatoms. The van der Waals surface area contributed by atoms with Crippen LogP contribution in [0.3, 0.4) is 0 Å². The van der Waals surface area contributed by atoms with Gasteiger partial charge in [-0.15, -0.1) is 24.5 Å². The molecule has 0 bridgehead atoms. The molecule has 2 rings (SSSR count). The summed E-state index contributed by atoms with van der Waals surface area (Å²) in [5.74, 6) is 0.0754. The van der Waals surface area contributed by atoms with Gasteiger partial charge in [0, 0.05) is 17.0 Å². The van der Waals surface area contributed by atoms with E-state index in [0.717, 1.165) is 37.1 Å². The molecule has 1 aromatic rings. The lowest BCUT2D eigenvalue weighted by atomic mass is 10.1. The third kappa shape index (κ3) is 4.83. The molecular weight excluding hydrogens is 280 g/mol. The summed E-state index contributed by atoms with van der Waals surface area (Å²) < 4.78 is 0. The molecule has 0 saturated heterocycles. The molecule has 3 nitrogen and oxygen atoms in total. The zero-order chi connectivity index (χ0) is 15.2. The van der Waals surface area contributed by atoms with Gasteiger partial charge in [-0.2, -0.15) is 0 Å². The van der Waals surface area contributed by atoms with E-state index in [-0.39, 0.29) is 5.91 Å². The van der Waals surface area contributed by atoms with Crippen molar-refractivity contribution < 1.29 is 4.79 Å². The topological polar surface area (TPSA) is 41.1 Å². The van der Waals surface area contributed by atoms with Crippen molar-refractivity contribution in [3.63, 3.8) is 0 Å². The number of amides is 1. The van der Waals surface area contributed by atoms with E-state index in [0.29, 0.717) is 12.1 Å². The van der Waals surface area contributed by atoms with Gasteiger partial charge < -0.3 is 10.6 Å². The maximum absolute atomic E-state index is 12.1. The van der Waals surface area contributed by atoms with Crippen molar-refractivity contribution in [2.75, 3.05) is 6.54 Å². The van der Waals surface area contributed by atoms with Crippen molar-refractivity contribution in [3.8, 4) is 0 Å². The molecule has 0 spiro atoms. The van der Waals surface area contributed by atoms with Gasteiger partial charge in [-0.3, -0.25) is 4.79 Å². The molecule has 114 valence electrons. The lowest BCUT2D eigenvalue weighted by Gasteiger charge is -2.08. The van der Waals surface area contributed by atoms with Gasteiger partial charge in [0.25, 0.3) is 5.91 Å². The number of hydrogen-bond donors (Lipinski definition) is 2. The van der Waals surface area contributed by atoms with Crippen LogP contribution in [0.2, 0.25) is 0 Å². The molecule has 0 aromatic carbocycles. The fourth-order valence-corrected chi connectivity index (χ4v) is 3.21. The largest absolute Gasteiger partial charge is 0.349 e. The third-order valence-corrected chi connectivity index (χ3v) is 4.78. The lowest BCUT2D eigenvalue weighted by molar-refractivity contribution is 0.0955. The van der Waals surface area contributed by atoms with Gasteiger partial charge in [0.05, 0.1) is 4.88 Å². The van der Waals surface area contributed by atoms with Crippen LogP contribution in [0.25, 0.3) is 0 Å². The van der Waals surface area contributed by atoms with Crippen LogP contribution in [0.1, 0.15) is 39.9 Å². The molecule has 1 fully saturated rings. The summed E-state index contributed by atoms with van der Waals surface area (Å²) >= 11 is 1.60. The Balaban J connectivity index is 1.99. The second-order valence-electron chi connectivity index (χ2n) is 5.53. The average Bonchev–Trinajstić information content (AvgIpc) is 3.19. The Bertz CT molecular complexity index is 517. The molecule has 2 N–H and O–H groups in total. The van der Waals surface area contributed by atoms with Crippen molar-refractivity contribution in [2.45, 2.75) is 44.7 Å². The average molecular weight is 304 g/mol. The molecule has 1 aliphatic carbocycles.